The molecule has 0 unspecified atom stereocenters. The summed E-state index contributed by atoms with van der Waals surface area (Å²) in [6.07, 6.45) is 14.5. The molecule has 0 spiro atoms. The molecule has 1 aliphatic carbocycles. The molecule has 1 aliphatic rings. The predicted octanol–water partition coefficient (Wildman–Crippen LogP) is 6.31. The van der Waals surface area contributed by atoms with Crippen LogP contribution in [0.3, 0.4) is 0 Å². The maximum Gasteiger partial charge on any atom is 0.111 e. The molecule has 0 aromatic carbocycles. The van der Waals surface area contributed by atoms with Crippen LogP contribution >= 0.6 is 0 Å². The summed E-state index contributed by atoms with van der Waals surface area (Å²) in [6, 6.07) is 0. The summed E-state index contributed by atoms with van der Waals surface area (Å²) in [4.78, 5) is 0. The summed E-state index contributed by atoms with van der Waals surface area (Å²) in [5, 5.41) is 0. The lowest BCUT2D eigenvalue weighted by atomic mass is 9.96. The van der Waals surface area contributed by atoms with E-state index in [1.165, 1.54) is 68.3 Å². The van der Waals surface area contributed by atoms with Gasteiger partial charge in [-0.3, -0.25) is 0 Å². The van der Waals surface area contributed by atoms with Gasteiger partial charge in [0.25, 0.3) is 0 Å². The molecule has 0 aliphatic heterocycles. The topological polar surface area (TPSA) is 13.1 Å². The Morgan fingerprint density at radius 2 is 1.55 bits per heavy atom. The van der Waals surface area contributed by atoms with Gasteiger partial charge in [0.2, 0.25) is 0 Å². The Bertz CT molecular complexity index is 450. The minimum absolute atomic E-state index is 1.11. The zero-order valence-electron chi connectivity index (χ0n) is 13.6. The van der Waals surface area contributed by atoms with Crippen LogP contribution in [0, 0.1) is 0 Å². The Morgan fingerprint density at radius 3 is 2.25 bits per heavy atom. The van der Waals surface area contributed by atoms with Crippen molar-refractivity contribution in [3.8, 4) is 0 Å². The Morgan fingerprint density at radius 1 is 0.900 bits per heavy atom. The second-order valence-electron chi connectivity index (χ2n) is 6.13. The van der Waals surface area contributed by atoms with Crippen LogP contribution in [-0.2, 0) is 12.8 Å². The van der Waals surface area contributed by atoms with Crippen molar-refractivity contribution in [1.82, 2.24) is 0 Å². The maximum absolute atomic E-state index is 5.87. The first-order valence-electron chi connectivity index (χ1n) is 8.62. The lowest BCUT2D eigenvalue weighted by Gasteiger charge is -2.09. The van der Waals surface area contributed by atoms with Gasteiger partial charge in [0, 0.05) is 17.5 Å². The maximum atomic E-state index is 5.87. The first-order chi connectivity index (χ1) is 9.81. The molecule has 1 heterocycles. The average Bonchev–Trinajstić information content (AvgIpc) is 3.00. The van der Waals surface area contributed by atoms with E-state index >= 15 is 0 Å². The quantitative estimate of drug-likeness (QED) is 0.514. The smallest absolute Gasteiger partial charge is 0.111 e. The largest absolute Gasteiger partial charge is 0.468 e. The van der Waals surface area contributed by atoms with Crippen LogP contribution in [0.25, 0.3) is 5.57 Å². The third kappa shape index (κ3) is 3.37. The number of rotatable bonds is 9. The van der Waals surface area contributed by atoms with E-state index < -0.39 is 0 Å². The SMILES string of the molecule is CCCCC1=C(CCCC)c2c(coc2CCCC)C1. The number of furan rings is 1. The van der Waals surface area contributed by atoms with Gasteiger partial charge in [0.1, 0.15) is 5.76 Å². The molecule has 1 heteroatoms. The van der Waals surface area contributed by atoms with Crippen molar-refractivity contribution in [2.75, 3.05) is 0 Å². The molecule has 1 aromatic heterocycles. The second-order valence-corrected chi connectivity index (χ2v) is 6.13. The van der Waals surface area contributed by atoms with Gasteiger partial charge in [-0.25, -0.2) is 0 Å². The van der Waals surface area contributed by atoms with E-state index in [0.717, 1.165) is 12.8 Å². The summed E-state index contributed by atoms with van der Waals surface area (Å²) in [6.45, 7) is 6.83. The molecule has 0 radical (unpaired) electrons. The Hall–Kier alpha value is -0.980. The molecule has 0 saturated carbocycles. The first kappa shape index (κ1) is 15.4. The molecule has 0 saturated heterocycles. The van der Waals surface area contributed by atoms with E-state index in [0.29, 0.717) is 0 Å². The summed E-state index contributed by atoms with van der Waals surface area (Å²) < 4.78 is 5.87. The highest BCUT2D eigenvalue weighted by Crippen LogP contribution is 2.41. The van der Waals surface area contributed by atoms with Crippen LogP contribution in [0.1, 0.15) is 89.0 Å². The second kappa shape index (κ2) is 7.71. The van der Waals surface area contributed by atoms with Crippen molar-refractivity contribution < 1.29 is 4.42 Å². The minimum Gasteiger partial charge on any atom is -0.468 e. The molecule has 112 valence electrons. The van der Waals surface area contributed by atoms with Gasteiger partial charge >= 0.3 is 0 Å². The van der Waals surface area contributed by atoms with Crippen LogP contribution in [0.5, 0.6) is 0 Å². The molecular formula is C19H30O. The Labute approximate surface area is 124 Å². The summed E-state index contributed by atoms with van der Waals surface area (Å²) in [7, 11) is 0. The van der Waals surface area contributed by atoms with Crippen molar-refractivity contribution in [2.24, 2.45) is 0 Å². The zero-order chi connectivity index (χ0) is 14.4. The molecular weight excluding hydrogens is 244 g/mol. The van der Waals surface area contributed by atoms with E-state index in [2.05, 4.69) is 20.8 Å². The van der Waals surface area contributed by atoms with Gasteiger partial charge in [0.05, 0.1) is 6.26 Å². The Balaban J connectivity index is 2.21. The van der Waals surface area contributed by atoms with Crippen LogP contribution in [0.2, 0.25) is 0 Å². The van der Waals surface area contributed by atoms with E-state index in [1.807, 2.05) is 6.26 Å². The number of hydrogen-bond donors (Lipinski definition) is 0. The zero-order valence-corrected chi connectivity index (χ0v) is 13.6. The molecule has 0 amide bonds. The van der Waals surface area contributed by atoms with Gasteiger partial charge in [-0.1, -0.05) is 45.6 Å². The van der Waals surface area contributed by atoms with Crippen molar-refractivity contribution in [2.45, 2.75) is 85.0 Å². The molecule has 1 nitrogen and oxygen atoms in total. The van der Waals surface area contributed by atoms with Crippen LogP contribution in [0.15, 0.2) is 16.3 Å². The number of fused-ring (bicyclic) bond motifs is 1. The van der Waals surface area contributed by atoms with Crippen LogP contribution in [-0.4, -0.2) is 0 Å². The van der Waals surface area contributed by atoms with Crippen LogP contribution < -0.4 is 0 Å². The number of hydrogen-bond acceptors (Lipinski definition) is 1. The highest BCUT2D eigenvalue weighted by molar-refractivity contribution is 5.77. The lowest BCUT2D eigenvalue weighted by molar-refractivity contribution is 0.497. The highest BCUT2D eigenvalue weighted by atomic mass is 16.3. The van der Waals surface area contributed by atoms with E-state index in [4.69, 9.17) is 4.42 Å². The number of aryl methyl sites for hydroxylation is 1. The highest BCUT2D eigenvalue weighted by Gasteiger charge is 2.26. The molecule has 0 atom stereocenters. The van der Waals surface area contributed by atoms with Gasteiger partial charge in [0.15, 0.2) is 0 Å². The first-order valence-corrected chi connectivity index (χ1v) is 8.62. The fraction of sp³-hybridized carbons (Fsp3) is 0.684. The number of unbranched alkanes of at least 4 members (excludes halogenated alkanes) is 3. The van der Waals surface area contributed by atoms with Crippen LogP contribution in [0.4, 0.5) is 0 Å². The molecule has 0 fully saturated rings. The van der Waals surface area contributed by atoms with E-state index in [-0.39, 0.29) is 0 Å². The van der Waals surface area contributed by atoms with E-state index in [9.17, 15) is 0 Å². The van der Waals surface area contributed by atoms with Gasteiger partial charge in [-0.2, -0.15) is 0 Å². The number of allylic oxidation sites excluding steroid dienone is 2. The monoisotopic (exact) mass is 274 g/mol. The summed E-state index contributed by atoms with van der Waals surface area (Å²) >= 11 is 0. The van der Waals surface area contributed by atoms with E-state index in [1.54, 1.807) is 11.1 Å². The Kier molecular flexibility index (Phi) is 5.94. The predicted molar refractivity (Wildman–Crippen MR) is 87.0 cm³/mol. The average molecular weight is 274 g/mol. The van der Waals surface area contributed by atoms with Gasteiger partial charge < -0.3 is 4.42 Å². The third-order valence-electron chi connectivity index (χ3n) is 4.45. The summed E-state index contributed by atoms with van der Waals surface area (Å²) in [5.74, 6) is 1.26. The standard InChI is InChI=1S/C19H30O/c1-4-7-10-15-13-16-14-20-18(12-9-6-3)19(16)17(15)11-8-5-2/h14H,4-13H2,1-3H3. The molecule has 20 heavy (non-hydrogen) atoms. The van der Waals surface area contributed by atoms with Gasteiger partial charge in [-0.15, -0.1) is 0 Å². The van der Waals surface area contributed by atoms with Crippen molar-refractivity contribution in [1.29, 1.82) is 0 Å². The molecule has 0 bridgehead atoms. The van der Waals surface area contributed by atoms with Crippen molar-refractivity contribution >= 4 is 5.57 Å². The van der Waals surface area contributed by atoms with Crippen molar-refractivity contribution in [3.63, 3.8) is 0 Å². The minimum atomic E-state index is 1.11. The summed E-state index contributed by atoms with van der Waals surface area (Å²) in [5.41, 5.74) is 6.33. The fourth-order valence-electron chi connectivity index (χ4n) is 3.25. The third-order valence-corrected chi connectivity index (χ3v) is 4.45. The fourth-order valence-corrected chi connectivity index (χ4v) is 3.25. The molecule has 0 N–H and O–H groups in total. The van der Waals surface area contributed by atoms with Crippen molar-refractivity contribution in [3.05, 3.63) is 28.7 Å². The normalized spacial score (nSPS) is 14.2. The lowest BCUT2D eigenvalue weighted by Crippen LogP contribution is -1.92. The van der Waals surface area contributed by atoms with Gasteiger partial charge in [-0.05, 0) is 44.1 Å². The molecule has 2 rings (SSSR count). The molecule has 1 aromatic rings.